The van der Waals surface area contributed by atoms with Gasteiger partial charge in [-0.1, -0.05) is 24.3 Å². The summed E-state index contributed by atoms with van der Waals surface area (Å²) in [5, 5.41) is 1.25. The summed E-state index contributed by atoms with van der Waals surface area (Å²) in [5.74, 6) is 0. The Bertz CT molecular complexity index is 634. The fourth-order valence-corrected chi connectivity index (χ4v) is 3.98. The maximum Gasteiger partial charge on any atom is 0.0746 e. The highest BCUT2D eigenvalue weighted by Crippen LogP contribution is 2.27. The van der Waals surface area contributed by atoms with Crippen molar-refractivity contribution in [3.63, 3.8) is 0 Å². The van der Waals surface area contributed by atoms with Crippen LogP contribution in [0.4, 0.5) is 0 Å². The Hall–Kier alpha value is -1.45. The molecule has 21 heavy (non-hydrogen) atoms. The smallest absolute Gasteiger partial charge is 0.0746 e. The second-order valence-corrected chi connectivity index (χ2v) is 6.56. The molecule has 2 fully saturated rings. The van der Waals surface area contributed by atoms with Crippen molar-refractivity contribution >= 4 is 10.9 Å². The average molecular weight is 281 g/mol. The molecule has 0 amide bonds. The van der Waals surface area contributed by atoms with Crippen molar-refractivity contribution in [1.29, 1.82) is 0 Å². The number of hydrogen-bond donors (Lipinski definition) is 0. The molecule has 2 saturated heterocycles. The van der Waals surface area contributed by atoms with Gasteiger partial charge in [-0.3, -0.25) is 14.8 Å². The first-order valence-electron chi connectivity index (χ1n) is 8.12. The Morgan fingerprint density at radius 1 is 1.19 bits per heavy atom. The van der Waals surface area contributed by atoms with Gasteiger partial charge in [-0.25, -0.2) is 0 Å². The first-order chi connectivity index (χ1) is 10.3. The van der Waals surface area contributed by atoms with Crippen LogP contribution in [0, 0.1) is 0 Å². The Balaban J connectivity index is 1.59. The van der Waals surface area contributed by atoms with E-state index < -0.39 is 0 Å². The summed E-state index contributed by atoms with van der Waals surface area (Å²) in [6.45, 7) is 7.14. The van der Waals surface area contributed by atoms with Gasteiger partial charge < -0.3 is 0 Å². The molecule has 3 nitrogen and oxygen atoms in total. The third-order valence-electron chi connectivity index (χ3n) is 5.16. The first-order valence-corrected chi connectivity index (χ1v) is 8.12. The molecule has 110 valence electrons. The van der Waals surface area contributed by atoms with E-state index in [0.717, 1.165) is 12.6 Å². The molecule has 2 aliphatic rings. The number of para-hydroxylation sites is 1. The molecule has 2 atom stereocenters. The quantitative estimate of drug-likeness (QED) is 0.844. The van der Waals surface area contributed by atoms with Crippen molar-refractivity contribution in [2.75, 3.05) is 19.6 Å². The predicted octanol–water partition coefficient (Wildman–Crippen LogP) is 2.90. The normalized spacial score (nSPS) is 27.1. The van der Waals surface area contributed by atoms with Gasteiger partial charge >= 0.3 is 0 Å². The number of nitrogens with zero attached hydrogens (tertiary/aromatic N) is 3. The van der Waals surface area contributed by atoms with Crippen LogP contribution in [0.2, 0.25) is 0 Å². The number of hydrogen-bond acceptors (Lipinski definition) is 3. The third-order valence-corrected chi connectivity index (χ3v) is 5.16. The van der Waals surface area contributed by atoms with Crippen molar-refractivity contribution in [2.45, 2.75) is 38.4 Å². The first kappa shape index (κ1) is 13.2. The van der Waals surface area contributed by atoms with Crippen LogP contribution < -0.4 is 0 Å². The van der Waals surface area contributed by atoms with Gasteiger partial charge in [0.25, 0.3) is 0 Å². The van der Waals surface area contributed by atoms with E-state index in [9.17, 15) is 0 Å². The molecule has 0 radical (unpaired) electrons. The molecular formula is C18H23N3. The summed E-state index contributed by atoms with van der Waals surface area (Å²) in [6.07, 6.45) is 4.65. The highest BCUT2D eigenvalue weighted by Gasteiger charge is 2.34. The molecule has 0 aliphatic carbocycles. The molecule has 0 bridgehead atoms. The van der Waals surface area contributed by atoms with E-state index in [1.165, 1.54) is 48.9 Å². The average Bonchev–Trinajstić information content (AvgIpc) is 2.95. The van der Waals surface area contributed by atoms with Crippen LogP contribution in [-0.2, 0) is 6.54 Å². The van der Waals surface area contributed by atoms with Gasteiger partial charge in [0, 0.05) is 43.3 Å². The van der Waals surface area contributed by atoms with Crippen molar-refractivity contribution in [3.05, 3.63) is 42.1 Å². The molecule has 3 heterocycles. The zero-order chi connectivity index (χ0) is 14.2. The summed E-state index contributed by atoms with van der Waals surface area (Å²) >= 11 is 0. The van der Waals surface area contributed by atoms with Gasteiger partial charge in [0.2, 0.25) is 0 Å². The van der Waals surface area contributed by atoms with Gasteiger partial charge in [-0.15, -0.1) is 0 Å². The summed E-state index contributed by atoms with van der Waals surface area (Å²) in [4.78, 5) is 9.93. The minimum absolute atomic E-state index is 0.637. The van der Waals surface area contributed by atoms with Crippen LogP contribution in [-0.4, -0.2) is 46.5 Å². The number of aromatic nitrogens is 1. The highest BCUT2D eigenvalue weighted by atomic mass is 15.3. The van der Waals surface area contributed by atoms with E-state index in [4.69, 9.17) is 0 Å². The Labute approximate surface area is 126 Å². The molecule has 0 spiro atoms. The molecule has 0 N–H and O–H groups in total. The van der Waals surface area contributed by atoms with Gasteiger partial charge in [0.05, 0.1) is 5.52 Å². The Kier molecular flexibility index (Phi) is 3.40. The van der Waals surface area contributed by atoms with Gasteiger partial charge in [-0.05, 0) is 37.9 Å². The van der Waals surface area contributed by atoms with Crippen LogP contribution in [0.25, 0.3) is 10.9 Å². The lowest BCUT2D eigenvalue weighted by Crippen LogP contribution is -2.54. The summed E-state index contributed by atoms with van der Waals surface area (Å²) in [7, 11) is 0. The van der Waals surface area contributed by atoms with E-state index >= 15 is 0 Å². The van der Waals surface area contributed by atoms with Crippen LogP contribution in [0.1, 0.15) is 25.3 Å². The molecule has 0 saturated carbocycles. The van der Waals surface area contributed by atoms with Crippen LogP contribution >= 0.6 is 0 Å². The number of benzene rings is 1. The molecule has 4 rings (SSSR count). The second-order valence-electron chi connectivity index (χ2n) is 6.56. The van der Waals surface area contributed by atoms with Gasteiger partial charge in [0.15, 0.2) is 0 Å². The summed E-state index contributed by atoms with van der Waals surface area (Å²) in [5.41, 5.74) is 2.53. The Morgan fingerprint density at radius 3 is 3.05 bits per heavy atom. The molecule has 1 unspecified atom stereocenters. The Morgan fingerprint density at radius 2 is 2.10 bits per heavy atom. The van der Waals surface area contributed by atoms with E-state index in [2.05, 4.69) is 46.0 Å². The van der Waals surface area contributed by atoms with Crippen molar-refractivity contribution < 1.29 is 0 Å². The zero-order valence-corrected chi connectivity index (χ0v) is 12.7. The van der Waals surface area contributed by atoms with Gasteiger partial charge in [0.1, 0.15) is 0 Å². The van der Waals surface area contributed by atoms with E-state index in [1.807, 2.05) is 12.3 Å². The summed E-state index contributed by atoms with van der Waals surface area (Å²) in [6, 6.07) is 12.2. The lowest BCUT2D eigenvalue weighted by molar-refractivity contribution is 0.0543. The minimum Gasteiger partial charge on any atom is -0.298 e. The molecule has 1 aromatic carbocycles. The fourth-order valence-electron chi connectivity index (χ4n) is 3.98. The lowest BCUT2D eigenvalue weighted by Gasteiger charge is -2.42. The number of fused-ring (bicyclic) bond motifs is 2. The largest absolute Gasteiger partial charge is 0.298 e. The van der Waals surface area contributed by atoms with Crippen molar-refractivity contribution in [2.24, 2.45) is 0 Å². The van der Waals surface area contributed by atoms with Crippen LogP contribution in [0.15, 0.2) is 36.5 Å². The maximum absolute atomic E-state index is 4.60. The van der Waals surface area contributed by atoms with E-state index in [-0.39, 0.29) is 0 Å². The standard InChI is InChI=1S/C18H23N3/c1-14-11-20-10-4-8-17(20)13-21(14)12-16-6-2-5-15-7-3-9-19-18(15)16/h2-3,5-7,9,14,17H,4,8,10-13H2,1H3/t14-,17?/m0/s1. The number of piperazine rings is 1. The van der Waals surface area contributed by atoms with Crippen molar-refractivity contribution in [3.8, 4) is 0 Å². The lowest BCUT2D eigenvalue weighted by atomic mass is 10.0. The van der Waals surface area contributed by atoms with Crippen LogP contribution in [0.5, 0.6) is 0 Å². The van der Waals surface area contributed by atoms with E-state index in [1.54, 1.807) is 0 Å². The molecule has 3 heteroatoms. The predicted molar refractivity (Wildman–Crippen MR) is 86.2 cm³/mol. The SMILES string of the molecule is C[C@H]1CN2CCCC2CN1Cc1cccc2cccnc12. The monoisotopic (exact) mass is 281 g/mol. The molecule has 1 aromatic heterocycles. The molecular weight excluding hydrogens is 258 g/mol. The number of rotatable bonds is 2. The second kappa shape index (κ2) is 5.39. The minimum atomic E-state index is 0.637. The maximum atomic E-state index is 4.60. The molecule has 2 aromatic rings. The topological polar surface area (TPSA) is 19.4 Å². The highest BCUT2D eigenvalue weighted by molar-refractivity contribution is 5.81. The zero-order valence-electron chi connectivity index (χ0n) is 12.7. The fraction of sp³-hybridized carbons (Fsp3) is 0.500. The molecule has 2 aliphatic heterocycles. The third kappa shape index (κ3) is 2.45. The summed E-state index contributed by atoms with van der Waals surface area (Å²) < 4.78 is 0. The number of pyridine rings is 1. The van der Waals surface area contributed by atoms with Crippen molar-refractivity contribution in [1.82, 2.24) is 14.8 Å². The van der Waals surface area contributed by atoms with Gasteiger partial charge in [-0.2, -0.15) is 0 Å². The van der Waals surface area contributed by atoms with E-state index in [0.29, 0.717) is 6.04 Å². The van der Waals surface area contributed by atoms with Crippen LogP contribution in [0.3, 0.4) is 0 Å².